The minimum Gasteiger partial charge on any atom is -0.361 e. The molecule has 1 aromatic carbocycles. The van der Waals surface area contributed by atoms with Crippen molar-refractivity contribution in [2.24, 2.45) is 12.2 Å². The van der Waals surface area contributed by atoms with Gasteiger partial charge in [0.05, 0.1) is 11.2 Å². The fraction of sp³-hybridized carbons (Fsp3) is 0.0833. The van der Waals surface area contributed by atoms with Gasteiger partial charge in [-0.2, -0.15) is 5.10 Å². The molecular formula is C12H12N4O2S. The second-order valence-corrected chi connectivity index (χ2v) is 5.79. The maximum Gasteiger partial charge on any atom is 0.255 e. The summed E-state index contributed by atoms with van der Waals surface area (Å²) in [7, 11) is -2.22. The molecule has 0 saturated carbocycles. The van der Waals surface area contributed by atoms with Gasteiger partial charge in [0.25, 0.3) is 10.0 Å². The van der Waals surface area contributed by atoms with Crippen LogP contribution in [0.3, 0.4) is 0 Å². The molecule has 0 unspecified atom stereocenters. The minimum atomic E-state index is -3.77. The molecule has 98 valence electrons. The first-order chi connectivity index (χ1) is 8.97. The summed E-state index contributed by atoms with van der Waals surface area (Å²) in [5, 5.41) is 10.4. The average molecular weight is 276 g/mol. The van der Waals surface area contributed by atoms with Gasteiger partial charge >= 0.3 is 0 Å². The van der Waals surface area contributed by atoms with Crippen LogP contribution in [0.2, 0.25) is 0 Å². The smallest absolute Gasteiger partial charge is 0.255 e. The van der Waals surface area contributed by atoms with E-state index in [-0.39, 0.29) is 5.03 Å². The zero-order valence-corrected chi connectivity index (χ0v) is 11.0. The Morgan fingerprint density at radius 2 is 2.11 bits per heavy atom. The number of nitrogens with two attached hydrogens (primary N) is 1. The van der Waals surface area contributed by atoms with Gasteiger partial charge in [0.2, 0.25) is 0 Å². The number of hydrogen-bond donors (Lipinski definition) is 2. The van der Waals surface area contributed by atoms with E-state index in [1.807, 2.05) is 30.5 Å². The van der Waals surface area contributed by atoms with Crippen LogP contribution in [0.4, 0.5) is 0 Å². The number of aryl methyl sites for hydroxylation is 1. The topological polar surface area (TPSA) is 93.8 Å². The summed E-state index contributed by atoms with van der Waals surface area (Å²) in [6.07, 6.45) is 1.83. The van der Waals surface area contributed by atoms with Crippen LogP contribution in [-0.2, 0) is 17.1 Å². The number of nitrogens with zero attached hydrogens (tertiary/aromatic N) is 2. The first-order valence-electron chi connectivity index (χ1n) is 5.60. The van der Waals surface area contributed by atoms with E-state index >= 15 is 0 Å². The highest BCUT2D eigenvalue weighted by molar-refractivity contribution is 7.89. The van der Waals surface area contributed by atoms with Crippen molar-refractivity contribution >= 4 is 20.9 Å². The predicted octanol–water partition coefficient (Wildman–Crippen LogP) is 1.22. The van der Waals surface area contributed by atoms with E-state index in [1.54, 1.807) is 7.05 Å². The molecule has 0 bridgehead atoms. The number of benzene rings is 1. The van der Waals surface area contributed by atoms with E-state index < -0.39 is 10.0 Å². The molecule has 0 spiro atoms. The monoisotopic (exact) mass is 276 g/mol. The third-order valence-electron chi connectivity index (χ3n) is 2.99. The van der Waals surface area contributed by atoms with Crippen molar-refractivity contribution in [3.63, 3.8) is 0 Å². The summed E-state index contributed by atoms with van der Waals surface area (Å²) in [5.41, 5.74) is 2.33. The summed E-state index contributed by atoms with van der Waals surface area (Å²) in [5.74, 6) is 0. The van der Waals surface area contributed by atoms with Crippen LogP contribution in [0.1, 0.15) is 0 Å². The lowest BCUT2D eigenvalue weighted by Crippen LogP contribution is -2.16. The molecule has 0 aliphatic carbocycles. The maximum absolute atomic E-state index is 11.4. The van der Waals surface area contributed by atoms with E-state index in [2.05, 4.69) is 10.1 Å². The molecule has 0 radical (unpaired) electrons. The molecule has 3 N–H and O–H groups in total. The minimum absolute atomic E-state index is 0.00828. The van der Waals surface area contributed by atoms with Crippen molar-refractivity contribution in [1.29, 1.82) is 0 Å². The molecule has 2 aromatic heterocycles. The fourth-order valence-corrected chi connectivity index (χ4v) is 2.83. The van der Waals surface area contributed by atoms with Crippen LogP contribution in [0.15, 0.2) is 41.6 Å². The highest BCUT2D eigenvalue weighted by atomic mass is 32.2. The van der Waals surface area contributed by atoms with Gasteiger partial charge in [0.15, 0.2) is 5.03 Å². The summed E-state index contributed by atoms with van der Waals surface area (Å²) in [6.45, 7) is 0. The second-order valence-electron chi connectivity index (χ2n) is 4.28. The summed E-state index contributed by atoms with van der Waals surface area (Å²) in [4.78, 5) is 3.12. The Kier molecular flexibility index (Phi) is 2.48. The lowest BCUT2D eigenvalue weighted by Gasteiger charge is -1.98. The van der Waals surface area contributed by atoms with Gasteiger partial charge in [0, 0.05) is 30.3 Å². The number of fused-ring (bicyclic) bond motifs is 1. The number of aromatic amines is 1. The number of primary sulfonamides is 1. The highest BCUT2D eigenvalue weighted by Gasteiger charge is 2.17. The summed E-state index contributed by atoms with van der Waals surface area (Å²) < 4.78 is 24.1. The molecule has 0 saturated heterocycles. The largest absolute Gasteiger partial charge is 0.361 e. The van der Waals surface area contributed by atoms with E-state index in [1.165, 1.54) is 10.7 Å². The Morgan fingerprint density at radius 1 is 1.32 bits per heavy atom. The number of aromatic nitrogens is 3. The van der Waals surface area contributed by atoms with Gasteiger partial charge in [-0.3, -0.25) is 4.68 Å². The maximum atomic E-state index is 11.4. The fourth-order valence-electron chi connectivity index (χ4n) is 2.15. The lowest BCUT2D eigenvalue weighted by atomic mass is 10.1. The number of sulfonamides is 1. The van der Waals surface area contributed by atoms with E-state index in [4.69, 9.17) is 5.14 Å². The Labute approximate surface area is 109 Å². The molecule has 0 amide bonds. The molecule has 0 atom stereocenters. The Morgan fingerprint density at radius 3 is 2.79 bits per heavy atom. The van der Waals surface area contributed by atoms with Crippen LogP contribution >= 0.6 is 0 Å². The quantitative estimate of drug-likeness (QED) is 0.736. The lowest BCUT2D eigenvalue weighted by molar-refractivity contribution is 0.579. The molecule has 2 heterocycles. The van der Waals surface area contributed by atoms with Gasteiger partial charge in [-0.1, -0.05) is 18.2 Å². The van der Waals surface area contributed by atoms with Crippen LogP contribution < -0.4 is 5.14 Å². The molecule has 3 rings (SSSR count). The molecule has 0 aliphatic rings. The van der Waals surface area contributed by atoms with Crippen LogP contribution in [0.25, 0.3) is 22.2 Å². The van der Waals surface area contributed by atoms with E-state index in [0.29, 0.717) is 5.69 Å². The van der Waals surface area contributed by atoms with Gasteiger partial charge < -0.3 is 4.98 Å². The molecule has 19 heavy (non-hydrogen) atoms. The molecular weight excluding hydrogens is 264 g/mol. The zero-order chi connectivity index (χ0) is 13.6. The summed E-state index contributed by atoms with van der Waals surface area (Å²) >= 11 is 0. The third-order valence-corrected chi connectivity index (χ3v) is 3.96. The van der Waals surface area contributed by atoms with E-state index in [0.717, 1.165) is 16.5 Å². The summed E-state index contributed by atoms with van der Waals surface area (Å²) in [6, 6.07) is 9.18. The highest BCUT2D eigenvalue weighted by Crippen LogP contribution is 2.27. The Hall–Kier alpha value is -2.12. The molecule has 0 aliphatic heterocycles. The predicted molar refractivity (Wildman–Crippen MR) is 71.9 cm³/mol. The first-order valence-corrected chi connectivity index (χ1v) is 7.15. The van der Waals surface area contributed by atoms with Gasteiger partial charge in [0.1, 0.15) is 0 Å². The van der Waals surface area contributed by atoms with Crippen molar-refractivity contribution in [1.82, 2.24) is 14.8 Å². The average Bonchev–Trinajstić information content (AvgIpc) is 2.93. The molecule has 0 fully saturated rings. The standard InChI is InChI=1S/C12H12N4O2S/c1-16-11(19(13,17)18)7-10(15-16)9-4-2-3-8-5-6-14-12(8)9/h2-7,14H,1H3,(H2,13,17,18). The van der Waals surface area contributed by atoms with Gasteiger partial charge in [-0.15, -0.1) is 0 Å². The number of hydrogen-bond acceptors (Lipinski definition) is 3. The number of rotatable bonds is 2. The molecule has 3 aromatic rings. The van der Waals surface area contributed by atoms with Crippen LogP contribution in [0.5, 0.6) is 0 Å². The van der Waals surface area contributed by atoms with Crippen molar-refractivity contribution in [2.45, 2.75) is 5.03 Å². The van der Waals surface area contributed by atoms with Crippen LogP contribution in [0, 0.1) is 0 Å². The molecule has 7 heteroatoms. The van der Waals surface area contributed by atoms with Crippen molar-refractivity contribution < 1.29 is 8.42 Å². The zero-order valence-electron chi connectivity index (χ0n) is 10.2. The third kappa shape index (κ3) is 1.92. The Bertz CT molecular complexity index is 861. The van der Waals surface area contributed by atoms with Crippen molar-refractivity contribution in [2.75, 3.05) is 0 Å². The second kappa shape index (κ2) is 3.94. The van der Waals surface area contributed by atoms with Crippen molar-refractivity contribution in [3.8, 4) is 11.3 Å². The first kappa shape index (κ1) is 11.9. The Balaban J connectivity index is 2.26. The van der Waals surface area contributed by atoms with Crippen LogP contribution in [-0.4, -0.2) is 23.2 Å². The number of para-hydroxylation sites is 1. The van der Waals surface area contributed by atoms with Gasteiger partial charge in [-0.05, 0) is 6.07 Å². The SMILES string of the molecule is Cn1nc(-c2cccc3cc[nH]c23)cc1S(N)(=O)=O. The normalized spacial score (nSPS) is 12.1. The van der Waals surface area contributed by atoms with E-state index in [9.17, 15) is 8.42 Å². The molecule has 6 nitrogen and oxygen atoms in total. The van der Waals surface area contributed by atoms with Gasteiger partial charge in [-0.25, -0.2) is 13.6 Å². The number of nitrogens with one attached hydrogen (secondary N) is 1. The number of H-pyrrole nitrogens is 1. The van der Waals surface area contributed by atoms with Crippen molar-refractivity contribution in [3.05, 3.63) is 36.5 Å².